The van der Waals surface area contributed by atoms with Gasteiger partial charge in [0.15, 0.2) is 5.65 Å². The minimum absolute atomic E-state index is 0.0959. The van der Waals surface area contributed by atoms with Crippen LogP contribution in [-0.4, -0.2) is 25.2 Å². The summed E-state index contributed by atoms with van der Waals surface area (Å²) in [5, 5.41) is 10.5. The molecule has 1 aromatic carbocycles. The minimum Gasteiger partial charge on any atom is -0.390 e. The minimum atomic E-state index is -4.66. The maximum Gasteiger partial charge on any atom is 0.433 e. The van der Waals surface area contributed by atoms with Gasteiger partial charge in [-0.1, -0.05) is 23.7 Å². The van der Waals surface area contributed by atoms with E-state index in [9.17, 15) is 23.1 Å². The normalized spacial score (nSPS) is 21.9. The summed E-state index contributed by atoms with van der Waals surface area (Å²) in [4.78, 5) is 20.7. The Balaban J connectivity index is 1.93. The Bertz CT molecular complexity index is 1150. The molecule has 1 aliphatic carbocycles. The maximum absolute atomic E-state index is 13.3. The van der Waals surface area contributed by atoms with Crippen LogP contribution in [0.15, 0.2) is 41.2 Å². The monoisotopic (exact) mass is 423 g/mol. The van der Waals surface area contributed by atoms with Crippen molar-refractivity contribution >= 4 is 22.6 Å². The molecule has 29 heavy (non-hydrogen) atoms. The Labute approximate surface area is 168 Å². The van der Waals surface area contributed by atoms with Gasteiger partial charge in [-0.25, -0.2) is 14.3 Å². The molecule has 0 unspecified atom stereocenters. The molecule has 3 aromatic rings. The molecule has 0 saturated heterocycles. The molecular formula is C20H17ClF3N3O2. The smallest absolute Gasteiger partial charge is 0.390 e. The molecule has 1 fully saturated rings. The van der Waals surface area contributed by atoms with E-state index >= 15 is 0 Å². The first-order valence-corrected chi connectivity index (χ1v) is 9.40. The standard InChI is InChI=1S/C20H17ClF3N3O2/c1-19(29)9-11(10-19)8-14-12-6-7-16(20(22,23)24)26-17(12)27(18(28)25-14)15-5-3-2-4-13(15)21/h2-7,11,29H,8-10H2,1H3. The van der Waals surface area contributed by atoms with Crippen LogP contribution in [-0.2, 0) is 12.6 Å². The van der Waals surface area contributed by atoms with E-state index in [4.69, 9.17) is 11.6 Å². The molecule has 1 N–H and O–H groups in total. The van der Waals surface area contributed by atoms with Gasteiger partial charge >= 0.3 is 11.9 Å². The zero-order valence-corrected chi connectivity index (χ0v) is 16.1. The van der Waals surface area contributed by atoms with Crippen molar-refractivity contribution in [1.29, 1.82) is 0 Å². The number of rotatable bonds is 3. The Morgan fingerprint density at radius 2 is 1.90 bits per heavy atom. The van der Waals surface area contributed by atoms with E-state index in [2.05, 4.69) is 9.97 Å². The molecule has 2 heterocycles. The fourth-order valence-corrected chi connectivity index (χ4v) is 4.15. The van der Waals surface area contributed by atoms with E-state index < -0.39 is 23.2 Å². The van der Waals surface area contributed by atoms with Gasteiger partial charge in [0.05, 0.1) is 22.0 Å². The van der Waals surface area contributed by atoms with Crippen molar-refractivity contribution in [2.45, 2.75) is 38.0 Å². The second kappa shape index (κ2) is 6.81. The lowest BCUT2D eigenvalue weighted by Crippen LogP contribution is -2.42. The molecule has 9 heteroatoms. The number of hydrogen-bond acceptors (Lipinski definition) is 4. The van der Waals surface area contributed by atoms with Gasteiger partial charge in [0, 0.05) is 5.39 Å². The fraction of sp³-hybridized carbons (Fsp3) is 0.350. The van der Waals surface area contributed by atoms with E-state index in [0.29, 0.717) is 30.3 Å². The zero-order valence-electron chi connectivity index (χ0n) is 15.4. The molecule has 0 atom stereocenters. The number of benzene rings is 1. The van der Waals surface area contributed by atoms with Crippen LogP contribution in [0.5, 0.6) is 0 Å². The molecule has 1 saturated carbocycles. The SMILES string of the molecule is CC1(O)CC(Cc2nc(=O)n(-c3ccccc3Cl)c3nc(C(F)(F)F)ccc23)C1. The lowest BCUT2D eigenvalue weighted by molar-refractivity contribution is -0.141. The summed E-state index contributed by atoms with van der Waals surface area (Å²) in [6.07, 6.45) is -3.21. The van der Waals surface area contributed by atoms with Gasteiger partial charge in [-0.15, -0.1) is 0 Å². The number of halogens is 4. The van der Waals surface area contributed by atoms with Crippen LogP contribution in [0.25, 0.3) is 16.7 Å². The molecule has 0 aliphatic heterocycles. The Morgan fingerprint density at radius 1 is 1.21 bits per heavy atom. The molecule has 0 amide bonds. The van der Waals surface area contributed by atoms with Gasteiger partial charge in [0.2, 0.25) is 0 Å². The first-order chi connectivity index (χ1) is 13.5. The predicted octanol–water partition coefficient (Wildman–Crippen LogP) is 4.16. The second-order valence-electron chi connectivity index (χ2n) is 7.67. The number of fused-ring (bicyclic) bond motifs is 1. The maximum atomic E-state index is 13.3. The topological polar surface area (TPSA) is 68.0 Å². The van der Waals surface area contributed by atoms with Gasteiger partial charge in [-0.3, -0.25) is 0 Å². The highest BCUT2D eigenvalue weighted by Crippen LogP contribution is 2.40. The van der Waals surface area contributed by atoms with Crippen molar-refractivity contribution in [2.24, 2.45) is 5.92 Å². The molecule has 152 valence electrons. The van der Waals surface area contributed by atoms with Crippen LogP contribution in [0.4, 0.5) is 13.2 Å². The number of hydrogen-bond donors (Lipinski definition) is 1. The van der Waals surface area contributed by atoms with Crippen LogP contribution < -0.4 is 5.69 Å². The van der Waals surface area contributed by atoms with Crippen molar-refractivity contribution in [3.63, 3.8) is 0 Å². The highest BCUT2D eigenvalue weighted by atomic mass is 35.5. The van der Waals surface area contributed by atoms with Gasteiger partial charge in [-0.05, 0) is 56.4 Å². The number of aliphatic hydroxyl groups is 1. The van der Waals surface area contributed by atoms with E-state index in [0.717, 1.165) is 10.6 Å². The lowest BCUT2D eigenvalue weighted by Gasteiger charge is -2.41. The molecule has 1 aliphatic rings. The van der Waals surface area contributed by atoms with Crippen LogP contribution in [0.3, 0.4) is 0 Å². The summed E-state index contributed by atoms with van der Waals surface area (Å²) in [7, 11) is 0. The molecular weight excluding hydrogens is 407 g/mol. The largest absolute Gasteiger partial charge is 0.433 e. The summed E-state index contributed by atoms with van der Waals surface area (Å²) in [6, 6.07) is 8.50. The van der Waals surface area contributed by atoms with Gasteiger partial charge in [0.25, 0.3) is 0 Å². The summed E-state index contributed by atoms with van der Waals surface area (Å²) in [5.74, 6) is 0.0959. The Morgan fingerprint density at radius 3 is 2.52 bits per heavy atom. The summed E-state index contributed by atoms with van der Waals surface area (Å²) in [5.41, 5.74) is -2.17. The summed E-state index contributed by atoms with van der Waals surface area (Å²) < 4.78 is 40.8. The number of para-hydroxylation sites is 1. The molecule has 0 bridgehead atoms. The average molecular weight is 424 g/mol. The van der Waals surface area contributed by atoms with Crippen molar-refractivity contribution in [2.75, 3.05) is 0 Å². The van der Waals surface area contributed by atoms with Crippen molar-refractivity contribution < 1.29 is 18.3 Å². The summed E-state index contributed by atoms with van der Waals surface area (Å²) in [6.45, 7) is 1.72. The van der Waals surface area contributed by atoms with E-state index in [1.165, 1.54) is 18.2 Å². The number of nitrogens with zero attached hydrogens (tertiary/aromatic N) is 3. The first kappa shape index (κ1) is 19.8. The van der Waals surface area contributed by atoms with Crippen LogP contribution in [0, 0.1) is 5.92 Å². The third kappa shape index (κ3) is 3.74. The van der Waals surface area contributed by atoms with Crippen molar-refractivity contribution in [3.8, 4) is 5.69 Å². The van der Waals surface area contributed by atoms with E-state index in [-0.39, 0.29) is 22.3 Å². The van der Waals surface area contributed by atoms with E-state index in [1.807, 2.05) is 0 Å². The molecule has 0 radical (unpaired) electrons. The van der Waals surface area contributed by atoms with Crippen molar-refractivity contribution in [1.82, 2.24) is 14.5 Å². The van der Waals surface area contributed by atoms with Crippen LogP contribution in [0.2, 0.25) is 5.02 Å². The molecule has 2 aromatic heterocycles. The van der Waals surface area contributed by atoms with Crippen LogP contribution in [0.1, 0.15) is 31.2 Å². The highest BCUT2D eigenvalue weighted by Gasteiger charge is 2.39. The predicted molar refractivity (Wildman–Crippen MR) is 102 cm³/mol. The Kier molecular flexibility index (Phi) is 4.66. The third-order valence-electron chi connectivity index (χ3n) is 5.14. The molecule has 5 nitrogen and oxygen atoms in total. The quantitative estimate of drug-likeness (QED) is 0.687. The van der Waals surface area contributed by atoms with E-state index in [1.54, 1.807) is 19.1 Å². The number of aromatic nitrogens is 3. The summed E-state index contributed by atoms with van der Waals surface area (Å²) >= 11 is 6.18. The Hall–Kier alpha value is -2.45. The van der Waals surface area contributed by atoms with Crippen LogP contribution >= 0.6 is 11.6 Å². The lowest BCUT2D eigenvalue weighted by atomic mass is 9.70. The van der Waals surface area contributed by atoms with Gasteiger partial charge in [-0.2, -0.15) is 18.2 Å². The van der Waals surface area contributed by atoms with Gasteiger partial charge < -0.3 is 5.11 Å². The fourth-order valence-electron chi connectivity index (χ4n) is 3.93. The second-order valence-corrected chi connectivity index (χ2v) is 8.08. The van der Waals surface area contributed by atoms with Gasteiger partial charge in [0.1, 0.15) is 5.69 Å². The molecule has 0 spiro atoms. The molecule has 4 rings (SSSR count). The average Bonchev–Trinajstić information content (AvgIpc) is 2.60. The third-order valence-corrected chi connectivity index (χ3v) is 5.46. The van der Waals surface area contributed by atoms with Crippen molar-refractivity contribution in [3.05, 3.63) is 63.3 Å². The first-order valence-electron chi connectivity index (χ1n) is 9.02. The highest BCUT2D eigenvalue weighted by molar-refractivity contribution is 6.32. The number of alkyl halides is 3. The zero-order chi connectivity index (χ0) is 21.0. The number of pyridine rings is 1.